The van der Waals surface area contributed by atoms with Crippen molar-refractivity contribution in [1.29, 1.82) is 0 Å². The summed E-state index contributed by atoms with van der Waals surface area (Å²) in [6.45, 7) is 0.0927. The Morgan fingerprint density at radius 2 is 1.28 bits per heavy atom. The first-order chi connectivity index (χ1) is 22.5. The topological polar surface area (TPSA) is 241 Å². The third kappa shape index (κ3) is 12.5. The maximum atomic E-state index is 13.7. The lowest BCUT2D eigenvalue weighted by Gasteiger charge is -2.25. The molecule has 8 N–H and O–H groups in total. The Kier molecular flexibility index (Phi) is 13.7. The third-order valence-corrected chi connectivity index (χ3v) is 6.88. The molecule has 15 nitrogen and oxygen atoms in total. The zero-order valence-electron chi connectivity index (χ0n) is 25.4. The van der Waals surface area contributed by atoms with E-state index in [1.54, 1.807) is 54.6 Å². The number of carboxylic acids is 1. The zero-order valence-corrected chi connectivity index (χ0v) is 25.4. The predicted molar refractivity (Wildman–Crippen MR) is 172 cm³/mol. The van der Waals surface area contributed by atoms with Crippen molar-refractivity contribution in [3.8, 4) is 0 Å². The van der Waals surface area contributed by atoms with E-state index in [0.29, 0.717) is 11.1 Å². The number of hydrogen-bond donors (Lipinski definition) is 6. The lowest BCUT2D eigenvalue weighted by Crippen LogP contribution is -2.57. The van der Waals surface area contributed by atoms with Gasteiger partial charge in [0.1, 0.15) is 24.7 Å². The van der Waals surface area contributed by atoms with Crippen LogP contribution in [-0.4, -0.2) is 64.5 Å². The summed E-state index contributed by atoms with van der Waals surface area (Å²) in [5.74, 6) is -3.04. The van der Waals surface area contributed by atoms with Gasteiger partial charge in [0.15, 0.2) is 5.96 Å². The standard InChI is InChI=1S/C32H37N7O8/c33-31(34)35-17-7-12-25(30(42)43)36-28(40)26(19-22-13-15-24(16-14-22)39(45)46)37-29(41)27(18-21-8-3-1-4-9-21)38-32(44)47-20-23-10-5-2-6-11-23/h1-6,8-11,13-16,25-27H,7,12,17-20H2,(H,36,40)(H,37,41)(H,38,44)(H,42,43)(H4,33,34,35). The molecule has 47 heavy (non-hydrogen) atoms. The van der Waals surface area contributed by atoms with Crippen molar-refractivity contribution in [2.24, 2.45) is 16.5 Å². The second kappa shape index (κ2) is 18.1. The number of aliphatic carboxylic acids is 1. The van der Waals surface area contributed by atoms with Gasteiger partial charge in [-0.1, -0.05) is 72.8 Å². The van der Waals surface area contributed by atoms with Crippen LogP contribution >= 0.6 is 0 Å². The van der Waals surface area contributed by atoms with Gasteiger partial charge in [0.05, 0.1) is 4.92 Å². The van der Waals surface area contributed by atoms with E-state index in [1.165, 1.54) is 24.3 Å². The minimum absolute atomic E-state index is 0.0124. The molecule has 0 heterocycles. The molecular weight excluding hydrogens is 610 g/mol. The Bertz CT molecular complexity index is 1530. The summed E-state index contributed by atoms with van der Waals surface area (Å²) < 4.78 is 5.31. The van der Waals surface area contributed by atoms with Crippen molar-refractivity contribution in [1.82, 2.24) is 16.0 Å². The average molecular weight is 648 g/mol. The lowest BCUT2D eigenvalue weighted by molar-refractivity contribution is -0.384. The number of carboxylic acid groups (broad SMARTS) is 1. The molecule has 0 saturated carbocycles. The van der Waals surface area contributed by atoms with Gasteiger partial charge in [-0.2, -0.15) is 0 Å². The number of ether oxygens (including phenoxy) is 1. The molecule has 0 aromatic heterocycles. The lowest BCUT2D eigenvalue weighted by atomic mass is 10.0. The van der Waals surface area contributed by atoms with Crippen LogP contribution in [0.15, 0.2) is 89.9 Å². The first kappa shape index (κ1) is 35.5. The summed E-state index contributed by atoms with van der Waals surface area (Å²) in [4.78, 5) is 66.3. The van der Waals surface area contributed by atoms with Crippen molar-refractivity contribution in [2.75, 3.05) is 6.54 Å². The normalized spacial score (nSPS) is 12.4. The number of aliphatic imine (C=N–C) groups is 1. The number of nitro benzene ring substituents is 1. The quantitative estimate of drug-likeness (QED) is 0.0408. The second-order valence-corrected chi connectivity index (χ2v) is 10.5. The van der Waals surface area contributed by atoms with E-state index in [-0.39, 0.29) is 50.5 Å². The van der Waals surface area contributed by atoms with E-state index >= 15 is 0 Å². The number of carbonyl (C=O) groups excluding carboxylic acids is 3. The number of non-ortho nitro benzene ring substituents is 1. The third-order valence-electron chi connectivity index (χ3n) is 6.88. The number of amides is 3. The van der Waals surface area contributed by atoms with Gasteiger partial charge in [0, 0.05) is 31.5 Å². The Morgan fingerprint density at radius 3 is 1.81 bits per heavy atom. The van der Waals surface area contributed by atoms with Crippen molar-refractivity contribution in [3.63, 3.8) is 0 Å². The van der Waals surface area contributed by atoms with Gasteiger partial charge in [-0.15, -0.1) is 0 Å². The van der Waals surface area contributed by atoms with Crippen molar-refractivity contribution < 1.29 is 33.9 Å². The van der Waals surface area contributed by atoms with Crippen LogP contribution in [0.1, 0.15) is 29.5 Å². The van der Waals surface area contributed by atoms with Crippen molar-refractivity contribution >= 4 is 35.5 Å². The van der Waals surface area contributed by atoms with Crippen LogP contribution < -0.4 is 27.4 Å². The van der Waals surface area contributed by atoms with E-state index in [4.69, 9.17) is 16.2 Å². The monoisotopic (exact) mass is 647 g/mol. The second-order valence-electron chi connectivity index (χ2n) is 10.5. The molecule has 0 aliphatic rings. The minimum atomic E-state index is -1.33. The Balaban J connectivity index is 1.81. The Morgan fingerprint density at radius 1 is 0.766 bits per heavy atom. The number of benzene rings is 3. The van der Waals surface area contributed by atoms with Gasteiger partial charge in [-0.3, -0.25) is 24.7 Å². The SMILES string of the molecule is NC(N)=NCCCC(NC(=O)C(Cc1ccc([N+](=O)[O-])cc1)NC(=O)C(Cc1ccccc1)NC(=O)OCc1ccccc1)C(=O)O. The number of nitro groups is 1. The summed E-state index contributed by atoms with van der Waals surface area (Å²) in [5.41, 5.74) is 12.3. The van der Waals surface area contributed by atoms with Gasteiger partial charge >= 0.3 is 12.1 Å². The molecule has 0 bridgehead atoms. The fraction of sp³-hybridized carbons (Fsp3) is 0.281. The smallest absolute Gasteiger partial charge is 0.408 e. The highest BCUT2D eigenvalue weighted by Gasteiger charge is 2.30. The summed E-state index contributed by atoms with van der Waals surface area (Å²) in [5, 5.41) is 28.5. The number of rotatable bonds is 17. The number of nitrogens with zero attached hydrogens (tertiary/aromatic N) is 2. The van der Waals surface area contributed by atoms with E-state index in [9.17, 15) is 34.4 Å². The predicted octanol–water partition coefficient (Wildman–Crippen LogP) is 1.78. The molecule has 3 atom stereocenters. The van der Waals surface area contributed by atoms with E-state index < -0.39 is 46.9 Å². The molecule has 0 aliphatic heterocycles. The highest BCUT2D eigenvalue weighted by Crippen LogP contribution is 2.14. The van der Waals surface area contributed by atoms with Crippen LogP contribution in [0, 0.1) is 10.1 Å². The molecule has 0 saturated heterocycles. The molecule has 0 aliphatic carbocycles. The van der Waals surface area contributed by atoms with E-state index in [2.05, 4.69) is 20.9 Å². The first-order valence-electron chi connectivity index (χ1n) is 14.6. The maximum absolute atomic E-state index is 13.7. The summed E-state index contributed by atoms with van der Waals surface area (Å²) in [7, 11) is 0. The van der Waals surface area contributed by atoms with Crippen LogP contribution in [0.5, 0.6) is 0 Å². The highest BCUT2D eigenvalue weighted by atomic mass is 16.6. The van der Waals surface area contributed by atoms with Gasteiger partial charge < -0.3 is 37.3 Å². The van der Waals surface area contributed by atoms with Crippen molar-refractivity contribution in [3.05, 3.63) is 112 Å². The molecule has 248 valence electrons. The van der Waals surface area contributed by atoms with Gasteiger partial charge in [0.2, 0.25) is 11.8 Å². The average Bonchev–Trinajstić information content (AvgIpc) is 3.05. The van der Waals surface area contributed by atoms with Gasteiger partial charge in [-0.05, 0) is 29.5 Å². The highest BCUT2D eigenvalue weighted by molar-refractivity contribution is 5.93. The number of hydrogen-bond acceptors (Lipinski definition) is 8. The van der Waals surface area contributed by atoms with Gasteiger partial charge in [0.25, 0.3) is 5.69 Å². The Labute approximate surface area is 270 Å². The summed E-state index contributed by atoms with van der Waals surface area (Å²) in [6.07, 6.45) is -0.744. The van der Waals surface area contributed by atoms with E-state index in [0.717, 1.165) is 5.56 Å². The molecule has 3 aromatic carbocycles. The number of guanidine groups is 1. The summed E-state index contributed by atoms with van der Waals surface area (Å²) >= 11 is 0. The summed E-state index contributed by atoms with van der Waals surface area (Å²) in [6, 6.07) is 19.3. The molecule has 3 rings (SSSR count). The van der Waals surface area contributed by atoms with Crippen LogP contribution in [0.2, 0.25) is 0 Å². The van der Waals surface area contributed by atoms with Crippen LogP contribution in [0.3, 0.4) is 0 Å². The maximum Gasteiger partial charge on any atom is 0.408 e. The van der Waals surface area contributed by atoms with Crippen LogP contribution in [0.4, 0.5) is 10.5 Å². The fourth-order valence-electron chi connectivity index (χ4n) is 4.47. The van der Waals surface area contributed by atoms with Crippen LogP contribution in [-0.2, 0) is 38.6 Å². The Hall–Kier alpha value is -5.99. The number of nitrogens with one attached hydrogen (secondary N) is 3. The number of nitrogens with two attached hydrogens (primary N) is 2. The molecular formula is C32H37N7O8. The largest absolute Gasteiger partial charge is 0.480 e. The first-order valence-corrected chi connectivity index (χ1v) is 14.6. The zero-order chi connectivity index (χ0) is 34.2. The fourth-order valence-corrected chi connectivity index (χ4v) is 4.47. The molecule has 3 unspecified atom stereocenters. The number of alkyl carbamates (subject to hydrolysis) is 1. The number of carbonyl (C=O) groups is 4. The minimum Gasteiger partial charge on any atom is -0.480 e. The molecule has 3 amide bonds. The molecule has 0 fully saturated rings. The molecule has 0 radical (unpaired) electrons. The molecule has 15 heteroatoms. The van der Waals surface area contributed by atoms with Gasteiger partial charge in [-0.25, -0.2) is 9.59 Å². The van der Waals surface area contributed by atoms with E-state index in [1.807, 2.05) is 6.07 Å². The molecule has 0 spiro atoms. The van der Waals surface area contributed by atoms with Crippen molar-refractivity contribution in [2.45, 2.75) is 50.4 Å². The molecule has 3 aromatic rings. The van der Waals surface area contributed by atoms with Crippen LogP contribution in [0.25, 0.3) is 0 Å².